The molecule has 0 aliphatic rings. The van der Waals surface area contributed by atoms with Gasteiger partial charge in [0.2, 0.25) is 0 Å². The van der Waals surface area contributed by atoms with Crippen molar-refractivity contribution in [3.05, 3.63) is 53.6 Å². The van der Waals surface area contributed by atoms with E-state index in [1.165, 1.54) is 0 Å². The standard InChI is InChI=1S/C15H15ClN4/c16-14-10-11(7-9-18-14)17-8-3-6-15-19-12-4-1-2-5-13(12)20-15/h1-2,4-5,7,9-10H,3,6,8H2,(H,17,18)(H,19,20). The van der Waals surface area contributed by atoms with E-state index in [4.69, 9.17) is 11.6 Å². The van der Waals surface area contributed by atoms with Gasteiger partial charge in [0.05, 0.1) is 11.0 Å². The molecule has 0 saturated heterocycles. The lowest BCUT2D eigenvalue weighted by Crippen LogP contribution is -2.03. The molecule has 0 amide bonds. The van der Waals surface area contributed by atoms with Gasteiger partial charge in [0, 0.05) is 24.8 Å². The second-order valence-corrected chi connectivity index (χ2v) is 4.99. The minimum atomic E-state index is 0.507. The molecule has 0 bridgehead atoms. The number of imidazole rings is 1. The van der Waals surface area contributed by atoms with Gasteiger partial charge in [-0.1, -0.05) is 23.7 Å². The van der Waals surface area contributed by atoms with E-state index in [2.05, 4.69) is 20.3 Å². The van der Waals surface area contributed by atoms with E-state index in [1.807, 2.05) is 36.4 Å². The molecule has 0 spiro atoms. The van der Waals surface area contributed by atoms with Gasteiger partial charge in [-0.2, -0.15) is 0 Å². The summed E-state index contributed by atoms with van der Waals surface area (Å²) in [5, 5.41) is 3.83. The van der Waals surface area contributed by atoms with Crippen LogP contribution in [0.25, 0.3) is 11.0 Å². The number of halogens is 1. The van der Waals surface area contributed by atoms with Crippen LogP contribution in [0.2, 0.25) is 5.15 Å². The van der Waals surface area contributed by atoms with Crippen LogP contribution in [-0.4, -0.2) is 21.5 Å². The van der Waals surface area contributed by atoms with Crippen molar-refractivity contribution >= 4 is 28.3 Å². The van der Waals surface area contributed by atoms with Crippen molar-refractivity contribution in [2.45, 2.75) is 12.8 Å². The third kappa shape index (κ3) is 3.08. The first-order valence-electron chi connectivity index (χ1n) is 6.60. The molecule has 0 unspecified atom stereocenters. The van der Waals surface area contributed by atoms with Gasteiger partial charge in [-0.3, -0.25) is 0 Å². The van der Waals surface area contributed by atoms with Crippen molar-refractivity contribution in [3.63, 3.8) is 0 Å². The maximum Gasteiger partial charge on any atom is 0.131 e. The highest BCUT2D eigenvalue weighted by Crippen LogP contribution is 2.13. The Hall–Kier alpha value is -2.07. The number of nitrogens with one attached hydrogen (secondary N) is 2. The molecule has 2 N–H and O–H groups in total. The van der Waals surface area contributed by atoms with E-state index in [9.17, 15) is 0 Å². The highest BCUT2D eigenvalue weighted by atomic mass is 35.5. The summed E-state index contributed by atoms with van der Waals surface area (Å²) in [6, 6.07) is 11.8. The lowest BCUT2D eigenvalue weighted by atomic mass is 10.3. The first kappa shape index (κ1) is 12.9. The number of H-pyrrole nitrogens is 1. The van der Waals surface area contributed by atoms with Crippen molar-refractivity contribution in [2.75, 3.05) is 11.9 Å². The van der Waals surface area contributed by atoms with Crippen LogP contribution in [0.15, 0.2) is 42.6 Å². The minimum absolute atomic E-state index is 0.507. The number of benzene rings is 1. The Kier molecular flexibility index (Phi) is 3.83. The number of hydrogen-bond acceptors (Lipinski definition) is 3. The lowest BCUT2D eigenvalue weighted by molar-refractivity contribution is 0.820. The molecule has 1 aromatic carbocycles. The highest BCUT2D eigenvalue weighted by molar-refractivity contribution is 6.29. The molecule has 3 rings (SSSR count). The molecule has 20 heavy (non-hydrogen) atoms. The highest BCUT2D eigenvalue weighted by Gasteiger charge is 2.01. The number of anilines is 1. The molecule has 0 fully saturated rings. The van der Waals surface area contributed by atoms with Crippen LogP contribution in [0.1, 0.15) is 12.2 Å². The lowest BCUT2D eigenvalue weighted by Gasteiger charge is -2.05. The number of pyridine rings is 1. The number of aromatic nitrogens is 3. The topological polar surface area (TPSA) is 53.6 Å². The van der Waals surface area contributed by atoms with Gasteiger partial charge < -0.3 is 10.3 Å². The molecule has 5 heteroatoms. The third-order valence-corrected chi connectivity index (χ3v) is 3.29. The van der Waals surface area contributed by atoms with Gasteiger partial charge >= 0.3 is 0 Å². The fraction of sp³-hybridized carbons (Fsp3) is 0.200. The van der Waals surface area contributed by atoms with Crippen LogP contribution in [0, 0.1) is 0 Å². The van der Waals surface area contributed by atoms with Crippen LogP contribution in [0.3, 0.4) is 0 Å². The average molecular weight is 287 g/mol. The Bertz CT molecular complexity index is 675. The van der Waals surface area contributed by atoms with E-state index >= 15 is 0 Å². The number of rotatable bonds is 5. The van der Waals surface area contributed by atoms with Gasteiger partial charge in [-0.25, -0.2) is 9.97 Å². The normalized spacial score (nSPS) is 10.8. The van der Waals surface area contributed by atoms with Gasteiger partial charge in [-0.05, 0) is 30.7 Å². The molecule has 0 aliphatic carbocycles. The average Bonchev–Trinajstić information content (AvgIpc) is 2.86. The van der Waals surface area contributed by atoms with Crippen LogP contribution < -0.4 is 5.32 Å². The van der Waals surface area contributed by atoms with E-state index in [0.29, 0.717) is 5.15 Å². The van der Waals surface area contributed by atoms with Gasteiger partial charge in [0.25, 0.3) is 0 Å². The van der Waals surface area contributed by atoms with Crippen molar-refractivity contribution in [2.24, 2.45) is 0 Å². The second kappa shape index (κ2) is 5.92. The Balaban J connectivity index is 1.52. The quantitative estimate of drug-likeness (QED) is 0.556. The summed E-state index contributed by atoms with van der Waals surface area (Å²) in [6.45, 7) is 0.872. The molecular formula is C15H15ClN4. The zero-order valence-electron chi connectivity index (χ0n) is 10.9. The summed E-state index contributed by atoms with van der Waals surface area (Å²) in [5.74, 6) is 1.03. The number of aromatic amines is 1. The molecule has 0 saturated carbocycles. The summed E-state index contributed by atoms with van der Waals surface area (Å²) in [6.07, 6.45) is 3.62. The fourth-order valence-corrected chi connectivity index (χ4v) is 2.30. The summed E-state index contributed by atoms with van der Waals surface area (Å²) >= 11 is 5.83. The summed E-state index contributed by atoms with van der Waals surface area (Å²) < 4.78 is 0. The Morgan fingerprint density at radius 3 is 2.95 bits per heavy atom. The van der Waals surface area contributed by atoms with Gasteiger partial charge in [-0.15, -0.1) is 0 Å². The summed E-state index contributed by atoms with van der Waals surface area (Å²) in [7, 11) is 0. The van der Waals surface area contributed by atoms with Crippen LogP contribution in [0.5, 0.6) is 0 Å². The SMILES string of the molecule is Clc1cc(NCCCc2nc3ccccc3[nH]2)ccn1. The van der Waals surface area contributed by atoms with Gasteiger partial charge in [0.1, 0.15) is 11.0 Å². The van der Waals surface area contributed by atoms with E-state index in [-0.39, 0.29) is 0 Å². The molecule has 0 radical (unpaired) electrons. The van der Waals surface area contributed by atoms with Gasteiger partial charge in [0.15, 0.2) is 0 Å². The number of hydrogen-bond donors (Lipinski definition) is 2. The molecule has 3 aromatic rings. The zero-order chi connectivity index (χ0) is 13.8. The number of aryl methyl sites for hydroxylation is 1. The number of para-hydroxylation sites is 2. The zero-order valence-corrected chi connectivity index (χ0v) is 11.7. The summed E-state index contributed by atoms with van der Waals surface area (Å²) in [5.41, 5.74) is 3.11. The third-order valence-electron chi connectivity index (χ3n) is 3.08. The first-order valence-corrected chi connectivity index (χ1v) is 6.98. The second-order valence-electron chi connectivity index (χ2n) is 4.60. The summed E-state index contributed by atoms with van der Waals surface area (Å²) in [4.78, 5) is 11.8. The minimum Gasteiger partial charge on any atom is -0.385 e. The predicted octanol–water partition coefficient (Wildman–Crippen LogP) is 3.66. The maximum atomic E-state index is 5.83. The van der Waals surface area contributed by atoms with E-state index in [1.54, 1.807) is 6.20 Å². The maximum absolute atomic E-state index is 5.83. The largest absolute Gasteiger partial charge is 0.385 e. The van der Waals surface area contributed by atoms with Crippen molar-refractivity contribution in [1.82, 2.24) is 15.0 Å². The van der Waals surface area contributed by atoms with Crippen LogP contribution >= 0.6 is 11.6 Å². The number of nitrogens with zero attached hydrogens (tertiary/aromatic N) is 2. The van der Waals surface area contributed by atoms with Crippen LogP contribution in [-0.2, 0) is 6.42 Å². The van der Waals surface area contributed by atoms with Crippen molar-refractivity contribution in [3.8, 4) is 0 Å². The van der Waals surface area contributed by atoms with Crippen LogP contribution in [0.4, 0.5) is 5.69 Å². The molecule has 2 heterocycles. The molecule has 2 aromatic heterocycles. The number of fused-ring (bicyclic) bond motifs is 1. The van der Waals surface area contributed by atoms with Crippen molar-refractivity contribution < 1.29 is 0 Å². The predicted molar refractivity (Wildman–Crippen MR) is 82.2 cm³/mol. The van der Waals surface area contributed by atoms with Crippen molar-refractivity contribution in [1.29, 1.82) is 0 Å². The van der Waals surface area contributed by atoms with E-state index < -0.39 is 0 Å². The molecule has 0 atom stereocenters. The Labute approximate surface area is 122 Å². The molecule has 4 nitrogen and oxygen atoms in total. The van der Waals surface area contributed by atoms with E-state index in [0.717, 1.165) is 41.9 Å². The monoisotopic (exact) mass is 286 g/mol. The molecule has 102 valence electrons. The molecule has 0 aliphatic heterocycles. The fourth-order valence-electron chi connectivity index (χ4n) is 2.13. The first-order chi connectivity index (χ1) is 9.81. The Morgan fingerprint density at radius 1 is 1.20 bits per heavy atom. The Morgan fingerprint density at radius 2 is 2.10 bits per heavy atom. The molecular weight excluding hydrogens is 272 g/mol. The smallest absolute Gasteiger partial charge is 0.131 e.